The second-order valence-electron chi connectivity index (χ2n) is 5.51. The van der Waals surface area contributed by atoms with Gasteiger partial charge in [0.25, 0.3) is 0 Å². The maximum absolute atomic E-state index is 5.84. The van der Waals surface area contributed by atoms with Crippen molar-refractivity contribution in [3.8, 4) is 5.75 Å². The zero-order chi connectivity index (χ0) is 15.2. The molecular formula is C17H25N3O. The number of hydrogen-bond acceptors (Lipinski definition) is 3. The quantitative estimate of drug-likeness (QED) is 0.850. The maximum Gasteiger partial charge on any atom is 0.124 e. The number of benzene rings is 1. The van der Waals surface area contributed by atoms with Crippen LogP contribution in [0.3, 0.4) is 0 Å². The Kier molecular flexibility index (Phi) is 5.39. The summed E-state index contributed by atoms with van der Waals surface area (Å²) in [7, 11) is 1.97. The van der Waals surface area contributed by atoms with Gasteiger partial charge in [0.2, 0.25) is 0 Å². The highest BCUT2D eigenvalue weighted by Gasteiger charge is 2.07. The molecule has 0 aliphatic carbocycles. The Bertz CT molecular complexity index is 575. The molecule has 2 aromatic rings. The fourth-order valence-corrected chi connectivity index (χ4v) is 2.38. The highest BCUT2D eigenvalue weighted by molar-refractivity contribution is 5.33. The van der Waals surface area contributed by atoms with E-state index < -0.39 is 0 Å². The topological polar surface area (TPSA) is 39.1 Å². The third kappa shape index (κ3) is 4.33. The van der Waals surface area contributed by atoms with Gasteiger partial charge in [-0.25, -0.2) is 0 Å². The van der Waals surface area contributed by atoms with Crippen molar-refractivity contribution >= 4 is 0 Å². The van der Waals surface area contributed by atoms with Crippen molar-refractivity contribution in [1.82, 2.24) is 15.1 Å². The molecule has 21 heavy (non-hydrogen) atoms. The van der Waals surface area contributed by atoms with E-state index in [0.29, 0.717) is 0 Å². The molecule has 0 saturated carbocycles. The Morgan fingerprint density at radius 2 is 1.90 bits per heavy atom. The lowest BCUT2D eigenvalue weighted by Gasteiger charge is -2.14. The lowest BCUT2D eigenvalue weighted by atomic mass is 10.1. The SMILES string of the molecule is CCc1nn(C)cc1CNCc1ccccc1OC(C)C. The van der Waals surface area contributed by atoms with Crippen LogP contribution < -0.4 is 10.1 Å². The first-order chi connectivity index (χ1) is 10.1. The molecule has 4 heteroatoms. The van der Waals surface area contributed by atoms with E-state index in [1.54, 1.807) is 0 Å². The molecule has 0 amide bonds. The predicted molar refractivity (Wildman–Crippen MR) is 85.3 cm³/mol. The van der Waals surface area contributed by atoms with Gasteiger partial charge in [-0.3, -0.25) is 4.68 Å². The Labute approximate surface area is 127 Å². The van der Waals surface area contributed by atoms with Crippen LogP contribution in [0.5, 0.6) is 5.75 Å². The van der Waals surface area contributed by atoms with E-state index in [0.717, 1.165) is 31.0 Å². The molecule has 0 unspecified atom stereocenters. The summed E-state index contributed by atoms with van der Waals surface area (Å²) in [6.45, 7) is 7.85. The normalized spacial score (nSPS) is 11.1. The summed E-state index contributed by atoms with van der Waals surface area (Å²) in [6.07, 6.45) is 3.24. The minimum Gasteiger partial charge on any atom is -0.491 e. The molecule has 0 saturated heterocycles. The molecule has 4 nitrogen and oxygen atoms in total. The van der Waals surface area contributed by atoms with Crippen molar-refractivity contribution in [1.29, 1.82) is 0 Å². The maximum atomic E-state index is 5.84. The molecule has 1 N–H and O–H groups in total. The minimum absolute atomic E-state index is 0.191. The summed E-state index contributed by atoms with van der Waals surface area (Å²) in [5.74, 6) is 0.960. The van der Waals surface area contributed by atoms with Gasteiger partial charge in [-0.2, -0.15) is 5.10 Å². The molecule has 0 aliphatic heterocycles. The van der Waals surface area contributed by atoms with Gasteiger partial charge in [-0.05, 0) is 26.3 Å². The van der Waals surface area contributed by atoms with E-state index in [1.165, 1.54) is 11.1 Å². The summed E-state index contributed by atoms with van der Waals surface area (Å²) in [6, 6.07) is 8.19. The van der Waals surface area contributed by atoms with Crippen molar-refractivity contribution in [2.24, 2.45) is 7.05 Å². The van der Waals surface area contributed by atoms with Gasteiger partial charge in [-0.1, -0.05) is 25.1 Å². The summed E-state index contributed by atoms with van der Waals surface area (Å²) >= 11 is 0. The largest absolute Gasteiger partial charge is 0.491 e. The van der Waals surface area contributed by atoms with Gasteiger partial charge in [0, 0.05) is 37.5 Å². The Balaban J connectivity index is 1.97. The van der Waals surface area contributed by atoms with Crippen LogP contribution in [0, 0.1) is 0 Å². The van der Waals surface area contributed by atoms with Gasteiger partial charge in [-0.15, -0.1) is 0 Å². The van der Waals surface area contributed by atoms with Crippen LogP contribution in [-0.2, 0) is 26.6 Å². The smallest absolute Gasteiger partial charge is 0.124 e. The van der Waals surface area contributed by atoms with Crippen molar-refractivity contribution in [3.63, 3.8) is 0 Å². The monoisotopic (exact) mass is 287 g/mol. The average molecular weight is 287 g/mol. The minimum atomic E-state index is 0.191. The molecule has 0 radical (unpaired) electrons. The number of aromatic nitrogens is 2. The lowest BCUT2D eigenvalue weighted by molar-refractivity contribution is 0.239. The molecule has 0 fully saturated rings. The molecule has 0 atom stereocenters. The number of rotatable bonds is 7. The van der Waals surface area contributed by atoms with Crippen LogP contribution in [-0.4, -0.2) is 15.9 Å². The predicted octanol–water partition coefficient (Wildman–Crippen LogP) is 3.06. The van der Waals surface area contributed by atoms with Gasteiger partial charge < -0.3 is 10.1 Å². The summed E-state index contributed by atoms with van der Waals surface area (Å²) in [5.41, 5.74) is 3.62. The van der Waals surface area contributed by atoms with Crippen LogP contribution in [0.1, 0.15) is 37.6 Å². The van der Waals surface area contributed by atoms with E-state index >= 15 is 0 Å². The molecule has 1 heterocycles. The number of hydrogen-bond donors (Lipinski definition) is 1. The number of ether oxygens (including phenoxy) is 1. The zero-order valence-corrected chi connectivity index (χ0v) is 13.4. The van der Waals surface area contributed by atoms with Crippen LogP contribution in [0.2, 0.25) is 0 Å². The molecule has 0 bridgehead atoms. The first kappa shape index (κ1) is 15.6. The standard InChI is InChI=1S/C17H25N3O/c1-5-16-15(12-20(4)19-16)11-18-10-14-8-6-7-9-17(14)21-13(2)3/h6-9,12-13,18H,5,10-11H2,1-4H3. The van der Waals surface area contributed by atoms with E-state index in [1.807, 2.05) is 43.8 Å². The van der Waals surface area contributed by atoms with Gasteiger partial charge in [0.05, 0.1) is 11.8 Å². The van der Waals surface area contributed by atoms with E-state index in [-0.39, 0.29) is 6.10 Å². The molecule has 114 valence electrons. The van der Waals surface area contributed by atoms with Gasteiger partial charge in [0.1, 0.15) is 5.75 Å². The Morgan fingerprint density at radius 3 is 2.62 bits per heavy atom. The van der Waals surface area contributed by atoms with E-state index in [2.05, 4.69) is 29.6 Å². The zero-order valence-electron chi connectivity index (χ0n) is 13.4. The average Bonchev–Trinajstić information content (AvgIpc) is 2.80. The van der Waals surface area contributed by atoms with Crippen molar-refractivity contribution in [2.45, 2.75) is 46.4 Å². The van der Waals surface area contributed by atoms with E-state index in [4.69, 9.17) is 4.74 Å². The first-order valence-electron chi connectivity index (χ1n) is 7.56. The van der Waals surface area contributed by atoms with Crippen LogP contribution in [0.4, 0.5) is 0 Å². The molecule has 0 aliphatic rings. The molecule has 1 aromatic heterocycles. The summed E-state index contributed by atoms with van der Waals surface area (Å²) in [5, 5.41) is 7.95. The van der Waals surface area contributed by atoms with Crippen LogP contribution in [0.15, 0.2) is 30.5 Å². The second-order valence-corrected chi connectivity index (χ2v) is 5.51. The van der Waals surface area contributed by atoms with Crippen molar-refractivity contribution in [2.75, 3.05) is 0 Å². The molecule has 0 spiro atoms. The number of aryl methyl sites for hydroxylation is 2. The van der Waals surface area contributed by atoms with Crippen LogP contribution in [0.25, 0.3) is 0 Å². The lowest BCUT2D eigenvalue weighted by Crippen LogP contribution is -2.15. The molecule has 2 rings (SSSR count). The summed E-state index contributed by atoms with van der Waals surface area (Å²) in [4.78, 5) is 0. The molecule has 1 aromatic carbocycles. The third-order valence-electron chi connectivity index (χ3n) is 3.29. The summed E-state index contributed by atoms with van der Waals surface area (Å²) < 4.78 is 7.72. The second kappa shape index (κ2) is 7.27. The van der Waals surface area contributed by atoms with Gasteiger partial charge in [0.15, 0.2) is 0 Å². The highest BCUT2D eigenvalue weighted by atomic mass is 16.5. The fourth-order valence-electron chi connectivity index (χ4n) is 2.38. The van der Waals surface area contributed by atoms with Crippen molar-refractivity contribution in [3.05, 3.63) is 47.3 Å². The first-order valence-corrected chi connectivity index (χ1v) is 7.56. The number of para-hydroxylation sites is 1. The molecular weight excluding hydrogens is 262 g/mol. The van der Waals surface area contributed by atoms with Gasteiger partial charge >= 0.3 is 0 Å². The van der Waals surface area contributed by atoms with Crippen LogP contribution >= 0.6 is 0 Å². The number of nitrogens with zero attached hydrogens (tertiary/aromatic N) is 2. The van der Waals surface area contributed by atoms with Crippen molar-refractivity contribution < 1.29 is 4.74 Å². The third-order valence-corrected chi connectivity index (χ3v) is 3.29. The Morgan fingerprint density at radius 1 is 1.19 bits per heavy atom. The Hall–Kier alpha value is -1.81. The highest BCUT2D eigenvalue weighted by Crippen LogP contribution is 2.19. The number of nitrogens with one attached hydrogen (secondary N) is 1. The van der Waals surface area contributed by atoms with E-state index in [9.17, 15) is 0 Å². The fraction of sp³-hybridized carbons (Fsp3) is 0.471.